The molecule has 0 aliphatic carbocycles. The number of aromatic nitrogens is 1. The fourth-order valence-electron chi connectivity index (χ4n) is 2.38. The lowest BCUT2D eigenvalue weighted by molar-refractivity contribution is -0.122. The third-order valence-electron chi connectivity index (χ3n) is 3.85. The monoisotopic (exact) mass is 352 g/mol. The van der Waals surface area contributed by atoms with Crippen molar-refractivity contribution in [2.45, 2.75) is 20.0 Å². The first-order valence-electron chi connectivity index (χ1n) is 8.21. The summed E-state index contributed by atoms with van der Waals surface area (Å²) in [6.07, 6.45) is -0.737. The molecule has 0 bridgehead atoms. The van der Waals surface area contributed by atoms with Crippen molar-refractivity contribution in [3.63, 3.8) is 0 Å². The highest BCUT2D eigenvalue weighted by atomic mass is 16.5. The lowest BCUT2D eigenvalue weighted by Gasteiger charge is -2.15. The van der Waals surface area contributed by atoms with Crippen LogP contribution in [0.2, 0.25) is 0 Å². The standard InChI is InChI=1S/C20H20N2O4/c1-13-8-10-15(11-9-13)16-12-19(26-22-16)21-20(23)14(2)25-18-7-5-4-6-17(18)24-3/h4-12,14H,1-3H3,(H,21,23). The normalized spacial score (nSPS) is 11.7. The van der Waals surface area contributed by atoms with Gasteiger partial charge in [-0.3, -0.25) is 10.1 Å². The molecular weight excluding hydrogens is 332 g/mol. The molecule has 6 heteroatoms. The molecule has 1 unspecified atom stereocenters. The van der Waals surface area contributed by atoms with Crippen molar-refractivity contribution in [3.8, 4) is 22.8 Å². The van der Waals surface area contributed by atoms with E-state index in [1.807, 2.05) is 43.3 Å². The molecule has 0 aliphatic rings. The molecule has 1 N–H and O–H groups in total. The van der Waals surface area contributed by atoms with Crippen molar-refractivity contribution >= 4 is 11.8 Å². The topological polar surface area (TPSA) is 73.6 Å². The molecule has 0 saturated carbocycles. The second-order valence-corrected chi connectivity index (χ2v) is 5.84. The Morgan fingerprint density at radius 2 is 1.81 bits per heavy atom. The molecule has 134 valence electrons. The zero-order valence-electron chi connectivity index (χ0n) is 14.9. The highest BCUT2D eigenvalue weighted by molar-refractivity contribution is 5.93. The van der Waals surface area contributed by atoms with E-state index in [0.717, 1.165) is 11.1 Å². The first-order valence-corrected chi connectivity index (χ1v) is 8.21. The van der Waals surface area contributed by atoms with E-state index in [-0.39, 0.29) is 11.8 Å². The molecule has 3 aromatic rings. The van der Waals surface area contributed by atoms with Crippen molar-refractivity contribution in [1.29, 1.82) is 0 Å². The Bertz CT molecular complexity index is 887. The van der Waals surface area contributed by atoms with Crippen LogP contribution in [-0.4, -0.2) is 24.3 Å². The number of para-hydroxylation sites is 2. The fourth-order valence-corrected chi connectivity index (χ4v) is 2.38. The summed E-state index contributed by atoms with van der Waals surface area (Å²) in [5.41, 5.74) is 2.73. The van der Waals surface area contributed by atoms with Gasteiger partial charge in [0.25, 0.3) is 5.91 Å². The van der Waals surface area contributed by atoms with Gasteiger partial charge in [0.1, 0.15) is 5.69 Å². The van der Waals surface area contributed by atoms with E-state index in [1.54, 1.807) is 32.2 Å². The van der Waals surface area contributed by atoms with Crippen LogP contribution in [0.1, 0.15) is 12.5 Å². The molecule has 1 atom stereocenters. The summed E-state index contributed by atoms with van der Waals surface area (Å²) in [6.45, 7) is 3.67. The summed E-state index contributed by atoms with van der Waals surface area (Å²) in [4.78, 5) is 12.3. The van der Waals surface area contributed by atoms with Crippen molar-refractivity contribution in [2.24, 2.45) is 0 Å². The number of rotatable bonds is 6. The van der Waals surface area contributed by atoms with E-state index >= 15 is 0 Å². The van der Waals surface area contributed by atoms with E-state index in [1.165, 1.54) is 0 Å². The number of amides is 1. The highest BCUT2D eigenvalue weighted by Gasteiger charge is 2.19. The highest BCUT2D eigenvalue weighted by Crippen LogP contribution is 2.27. The molecule has 0 spiro atoms. The Morgan fingerprint density at radius 3 is 2.50 bits per heavy atom. The van der Waals surface area contributed by atoms with E-state index in [0.29, 0.717) is 17.2 Å². The van der Waals surface area contributed by atoms with Crippen molar-refractivity contribution in [1.82, 2.24) is 5.16 Å². The zero-order chi connectivity index (χ0) is 18.5. The molecule has 26 heavy (non-hydrogen) atoms. The lowest BCUT2D eigenvalue weighted by atomic mass is 10.1. The minimum absolute atomic E-state index is 0.265. The first-order chi connectivity index (χ1) is 12.6. The smallest absolute Gasteiger partial charge is 0.267 e. The zero-order valence-corrected chi connectivity index (χ0v) is 14.9. The first kappa shape index (κ1) is 17.5. The number of ether oxygens (including phenoxy) is 2. The van der Waals surface area contributed by atoms with Gasteiger partial charge in [-0.1, -0.05) is 47.1 Å². The average Bonchev–Trinajstić information content (AvgIpc) is 3.11. The minimum atomic E-state index is -0.737. The van der Waals surface area contributed by atoms with Gasteiger partial charge >= 0.3 is 0 Å². The van der Waals surface area contributed by atoms with Crippen LogP contribution in [0.4, 0.5) is 5.88 Å². The lowest BCUT2D eigenvalue weighted by Crippen LogP contribution is -2.30. The number of methoxy groups -OCH3 is 1. The van der Waals surface area contributed by atoms with Crippen LogP contribution in [0.15, 0.2) is 59.1 Å². The number of carbonyl (C=O) groups is 1. The van der Waals surface area contributed by atoms with Crippen molar-refractivity contribution < 1.29 is 18.8 Å². The fraction of sp³-hybridized carbons (Fsp3) is 0.200. The van der Waals surface area contributed by atoms with Gasteiger partial charge in [0, 0.05) is 11.6 Å². The van der Waals surface area contributed by atoms with Crippen molar-refractivity contribution in [3.05, 3.63) is 60.2 Å². The summed E-state index contributed by atoms with van der Waals surface area (Å²) in [5.74, 6) is 0.979. The van der Waals surface area contributed by atoms with Crippen LogP contribution < -0.4 is 14.8 Å². The van der Waals surface area contributed by atoms with E-state index in [9.17, 15) is 4.79 Å². The maximum Gasteiger partial charge on any atom is 0.267 e. The van der Waals surface area contributed by atoms with Crippen LogP contribution in [0.5, 0.6) is 11.5 Å². The SMILES string of the molecule is COc1ccccc1OC(C)C(=O)Nc1cc(-c2ccc(C)cc2)no1. The van der Waals surface area contributed by atoms with Gasteiger partial charge in [-0.05, 0) is 26.0 Å². The largest absolute Gasteiger partial charge is 0.493 e. The van der Waals surface area contributed by atoms with Gasteiger partial charge < -0.3 is 14.0 Å². The van der Waals surface area contributed by atoms with Crippen LogP contribution >= 0.6 is 0 Å². The molecule has 6 nitrogen and oxygen atoms in total. The number of benzene rings is 2. The van der Waals surface area contributed by atoms with Gasteiger partial charge in [-0.25, -0.2) is 0 Å². The van der Waals surface area contributed by atoms with Gasteiger partial charge in [-0.2, -0.15) is 0 Å². The number of aryl methyl sites for hydroxylation is 1. The van der Waals surface area contributed by atoms with Gasteiger partial charge in [0.05, 0.1) is 7.11 Å². The molecular formula is C20H20N2O4. The average molecular weight is 352 g/mol. The molecule has 1 heterocycles. The molecule has 1 aromatic heterocycles. The van der Waals surface area contributed by atoms with Gasteiger partial charge in [0.15, 0.2) is 17.6 Å². The summed E-state index contributed by atoms with van der Waals surface area (Å²) in [5, 5.41) is 6.66. The van der Waals surface area contributed by atoms with Gasteiger partial charge in [-0.15, -0.1) is 0 Å². The van der Waals surface area contributed by atoms with Crippen LogP contribution in [0.3, 0.4) is 0 Å². The second-order valence-electron chi connectivity index (χ2n) is 5.84. The van der Waals surface area contributed by atoms with E-state index in [4.69, 9.17) is 14.0 Å². The quantitative estimate of drug-likeness (QED) is 0.724. The van der Waals surface area contributed by atoms with Gasteiger partial charge in [0.2, 0.25) is 5.88 Å². The Balaban J connectivity index is 1.65. The maximum absolute atomic E-state index is 12.3. The van der Waals surface area contributed by atoms with E-state index in [2.05, 4.69) is 10.5 Å². The molecule has 2 aromatic carbocycles. The summed E-state index contributed by atoms with van der Waals surface area (Å²) < 4.78 is 16.1. The van der Waals surface area contributed by atoms with Crippen LogP contribution in [-0.2, 0) is 4.79 Å². The second kappa shape index (κ2) is 7.74. The van der Waals surface area contributed by atoms with E-state index < -0.39 is 6.10 Å². The molecule has 0 saturated heterocycles. The third-order valence-corrected chi connectivity index (χ3v) is 3.85. The minimum Gasteiger partial charge on any atom is -0.493 e. The molecule has 0 fully saturated rings. The number of nitrogens with one attached hydrogen (secondary N) is 1. The maximum atomic E-state index is 12.3. The number of hydrogen-bond donors (Lipinski definition) is 1. The van der Waals surface area contributed by atoms with Crippen LogP contribution in [0, 0.1) is 6.92 Å². The predicted octanol–water partition coefficient (Wildman–Crippen LogP) is 4.06. The predicted molar refractivity (Wildman–Crippen MR) is 98.4 cm³/mol. The Morgan fingerprint density at radius 1 is 1.12 bits per heavy atom. The Kier molecular flexibility index (Phi) is 5.22. The molecule has 0 radical (unpaired) electrons. The number of anilines is 1. The number of hydrogen-bond acceptors (Lipinski definition) is 5. The number of carbonyl (C=O) groups excluding carboxylic acids is 1. The summed E-state index contributed by atoms with van der Waals surface area (Å²) >= 11 is 0. The van der Waals surface area contributed by atoms with Crippen molar-refractivity contribution in [2.75, 3.05) is 12.4 Å². The molecule has 1 amide bonds. The number of nitrogens with zero attached hydrogens (tertiary/aromatic N) is 1. The molecule has 0 aliphatic heterocycles. The summed E-state index contributed by atoms with van der Waals surface area (Å²) in [6, 6.07) is 16.7. The molecule has 3 rings (SSSR count). The summed E-state index contributed by atoms with van der Waals surface area (Å²) in [7, 11) is 1.55. The Labute approximate surface area is 151 Å². The Hall–Kier alpha value is -3.28. The third kappa shape index (κ3) is 4.03. The van der Waals surface area contributed by atoms with Crippen LogP contribution in [0.25, 0.3) is 11.3 Å².